The molecule has 6 heteroatoms. The van der Waals surface area contributed by atoms with Crippen LogP contribution in [0.5, 0.6) is 11.5 Å². The van der Waals surface area contributed by atoms with Gasteiger partial charge in [-0.05, 0) is 13.1 Å². The number of phenolic OH excluding ortho intramolecular Hbond substituents is 2. The molecule has 2 rings (SSSR count). The molecule has 0 atom stereocenters. The number of piperazine rings is 1. The van der Waals surface area contributed by atoms with E-state index in [2.05, 4.69) is 5.32 Å². The van der Waals surface area contributed by atoms with E-state index < -0.39 is 0 Å². The number of carbonyl (C=O) groups is 1. The van der Waals surface area contributed by atoms with Crippen LogP contribution in [-0.2, 0) is 11.3 Å². The molecule has 0 aromatic heterocycles. The number of amides is 1. The van der Waals surface area contributed by atoms with Crippen LogP contribution in [0.25, 0.3) is 0 Å². The molecule has 20 heavy (non-hydrogen) atoms. The number of aromatic hydroxyl groups is 2. The first-order valence-electron chi connectivity index (χ1n) is 6.74. The van der Waals surface area contributed by atoms with Gasteiger partial charge in [0.15, 0.2) is 0 Å². The Morgan fingerprint density at radius 1 is 1.35 bits per heavy atom. The van der Waals surface area contributed by atoms with Crippen LogP contribution in [-0.4, -0.2) is 65.7 Å². The van der Waals surface area contributed by atoms with Crippen molar-refractivity contribution in [3.63, 3.8) is 0 Å². The summed E-state index contributed by atoms with van der Waals surface area (Å²) in [5.41, 5.74) is 0.693. The van der Waals surface area contributed by atoms with E-state index in [0.29, 0.717) is 18.7 Å². The van der Waals surface area contributed by atoms with Gasteiger partial charge in [-0.2, -0.15) is 0 Å². The van der Waals surface area contributed by atoms with Crippen molar-refractivity contribution in [2.75, 3.05) is 39.8 Å². The summed E-state index contributed by atoms with van der Waals surface area (Å²) in [6.07, 6.45) is 0. The summed E-state index contributed by atoms with van der Waals surface area (Å²) in [4.78, 5) is 15.8. The van der Waals surface area contributed by atoms with Crippen molar-refractivity contribution in [1.29, 1.82) is 0 Å². The normalized spacial score (nSPS) is 15.6. The first-order valence-corrected chi connectivity index (χ1v) is 6.74. The van der Waals surface area contributed by atoms with Crippen LogP contribution in [0.2, 0.25) is 0 Å². The van der Waals surface area contributed by atoms with E-state index in [1.165, 1.54) is 12.1 Å². The Morgan fingerprint density at radius 2 is 2.05 bits per heavy atom. The summed E-state index contributed by atoms with van der Waals surface area (Å²) in [7, 11) is 1.84. The molecule has 1 heterocycles. The van der Waals surface area contributed by atoms with E-state index >= 15 is 0 Å². The third kappa shape index (κ3) is 3.85. The number of hydrogen-bond donors (Lipinski definition) is 3. The smallest absolute Gasteiger partial charge is 0.236 e. The lowest BCUT2D eigenvalue weighted by Gasteiger charge is -2.29. The van der Waals surface area contributed by atoms with Gasteiger partial charge in [0.25, 0.3) is 0 Å². The van der Waals surface area contributed by atoms with Crippen molar-refractivity contribution in [2.45, 2.75) is 6.54 Å². The summed E-state index contributed by atoms with van der Waals surface area (Å²) in [6.45, 7) is 3.96. The third-order valence-electron chi connectivity index (χ3n) is 3.38. The van der Waals surface area contributed by atoms with Crippen LogP contribution in [0.1, 0.15) is 5.56 Å². The fourth-order valence-corrected chi connectivity index (χ4v) is 2.28. The number of likely N-dealkylation sites (N-methyl/N-ethyl adjacent to an activating group) is 1. The summed E-state index contributed by atoms with van der Waals surface area (Å²) in [5.74, 6) is 0.185. The maximum atomic E-state index is 12.1. The molecule has 1 saturated heterocycles. The Kier molecular flexibility index (Phi) is 4.81. The maximum absolute atomic E-state index is 12.1. The van der Waals surface area contributed by atoms with Crippen LogP contribution in [0, 0.1) is 0 Å². The molecule has 0 radical (unpaired) electrons. The fraction of sp³-hybridized carbons (Fsp3) is 0.500. The molecular formula is C14H21N3O3. The monoisotopic (exact) mass is 279 g/mol. The maximum Gasteiger partial charge on any atom is 0.236 e. The van der Waals surface area contributed by atoms with Gasteiger partial charge in [0.2, 0.25) is 5.91 Å². The molecule has 1 aliphatic heterocycles. The van der Waals surface area contributed by atoms with E-state index in [9.17, 15) is 15.0 Å². The van der Waals surface area contributed by atoms with E-state index in [1.54, 1.807) is 6.07 Å². The van der Waals surface area contributed by atoms with Gasteiger partial charge < -0.3 is 20.4 Å². The van der Waals surface area contributed by atoms with Gasteiger partial charge in [-0.25, -0.2) is 0 Å². The summed E-state index contributed by atoms with van der Waals surface area (Å²) in [5, 5.41) is 22.2. The van der Waals surface area contributed by atoms with Crippen LogP contribution < -0.4 is 5.32 Å². The number of nitrogens with one attached hydrogen (secondary N) is 1. The highest BCUT2D eigenvalue weighted by atomic mass is 16.3. The van der Waals surface area contributed by atoms with Gasteiger partial charge in [0, 0.05) is 44.4 Å². The van der Waals surface area contributed by atoms with Crippen LogP contribution in [0.4, 0.5) is 0 Å². The Hall–Kier alpha value is -1.79. The number of rotatable bonds is 4. The van der Waals surface area contributed by atoms with Crippen molar-refractivity contribution < 1.29 is 15.0 Å². The van der Waals surface area contributed by atoms with Gasteiger partial charge in [0.05, 0.1) is 6.54 Å². The molecule has 0 bridgehead atoms. The Balaban J connectivity index is 1.88. The second-order valence-electron chi connectivity index (χ2n) is 5.12. The predicted molar refractivity (Wildman–Crippen MR) is 75.6 cm³/mol. The molecule has 1 aromatic rings. The highest BCUT2D eigenvalue weighted by Crippen LogP contribution is 2.23. The van der Waals surface area contributed by atoms with Crippen molar-refractivity contribution in [3.8, 4) is 11.5 Å². The largest absolute Gasteiger partial charge is 0.508 e. The first kappa shape index (κ1) is 14.6. The number of phenols is 2. The number of benzene rings is 1. The van der Waals surface area contributed by atoms with Gasteiger partial charge >= 0.3 is 0 Å². The Bertz CT molecular complexity index is 473. The van der Waals surface area contributed by atoms with Crippen LogP contribution >= 0.6 is 0 Å². The van der Waals surface area contributed by atoms with Crippen molar-refractivity contribution in [1.82, 2.24) is 15.1 Å². The zero-order valence-corrected chi connectivity index (χ0v) is 11.7. The molecular weight excluding hydrogens is 258 g/mol. The highest BCUT2D eigenvalue weighted by Gasteiger charge is 2.18. The minimum Gasteiger partial charge on any atom is -0.508 e. The minimum absolute atomic E-state index is 0.0331. The Morgan fingerprint density at radius 3 is 2.70 bits per heavy atom. The number of hydrogen-bond acceptors (Lipinski definition) is 5. The molecule has 1 aliphatic rings. The summed E-state index contributed by atoms with van der Waals surface area (Å²) >= 11 is 0. The molecule has 3 N–H and O–H groups in total. The van der Waals surface area contributed by atoms with Crippen molar-refractivity contribution in [2.24, 2.45) is 0 Å². The first-order chi connectivity index (χ1) is 9.56. The fourth-order valence-electron chi connectivity index (χ4n) is 2.28. The lowest BCUT2D eigenvalue weighted by molar-refractivity contribution is -0.132. The standard InChI is InChI=1S/C14H21N3O3/c1-16(9-11-2-3-12(18)8-13(11)19)10-14(20)17-6-4-15-5-7-17/h2-3,8,15,18-19H,4-7,9-10H2,1H3. The van der Waals surface area contributed by atoms with E-state index in [-0.39, 0.29) is 17.4 Å². The molecule has 1 fully saturated rings. The van der Waals surface area contributed by atoms with Crippen LogP contribution in [0.3, 0.4) is 0 Å². The molecule has 110 valence electrons. The average Bonchev–Trinajstić information content (AvgIpc) is 2.43. The highest BCUT2D eigenvalue weighted by molar-refractivity contribution is 5.78. The van der Waals surface area contributed by atoms with Gasteiger partial charge in [-0.3, -0.25) is 9.69 Å². The predicted octanol–water partition coefficient (Wildman–Crippen LogP) is -0.0386. The lowest BCUT2D eigenvalue weighted by Crippen LogP contribution is -2.49. The van der Waals surface area contributed by atoms with E-state index in [4.69, 9.17) is 0 Å². The molecule has 0 aliphatic carbocycles. The molecule has 0 saturated carbocycles. The van der Waals surface area contributed by atoms with Crippen molar-refractivity contribution in [3.05, 3.63) is 23.8 Å². The van der Waals surface area contributed by atoms with Crippen LogP contribution in [0.15, 0.2) is 18.2 Å². The molecule has 1 aromatic carbocycles. The zero-order valence-electron chi connectivity index (χ0n) is 11.7. The summed E-state index contributed by atoms with van der Waals surface area (Å²) in [6, 6.07) is 4.50. The topological polar surface area (TPSA) is 76.0 Å². The van der Waals surface area contributed by atoms with Gasteiger partial charge in [0.1, 0.15) is 11.5 Å². The molecule has 0 spiro atoms. The molecule has 6 nitrogen and oxygen atoms in total. The zero-order chi connectivity index (χ0) is 14.5. The SMILES string of the molecule is CN(CC(=O)N1CCNCC1)Cc1ccc(O)cc1O. The lowest BCUT2D eigenvalue weighted by atomic mass is 10.2. The number of carbonyl (C=O) groups excluding carboxylic acids is 1. The Labute approximate surface area is 118 Å². The second kappa shape index (κ2) is 6.58. The second-order valence-corrected chi connectivity index (χ2v) is 5.12. The number of nitrogens with zero attached hydrogens (tertiary/aromatic N) is 2. The van der Waals surface area contributed by atoms with Gasteiger partial charge in [-0.1, -0.05) is 6.07 Å². The van der Waals surface area contributed by atoms with E-state index in [0.717, 1.165) is 26.2 Å². The third-order valence-corrected chi connectivity index (χ3v) is 3.38. The molecule has 1 amide bonds. The van der Waals surface area contributed by atoms with Gasteiger partial charge in [-0.15, -0.1) is 0 Å². The summed E-state index contributed by atoms with van der Waals surface area (Å²) < 4.78 is 0. The van der Waals surface area contributed by atoms with E-state index in [1.807, 2.05) is 16.8 Å². The average molecular weight is 279 g/mol. The van der Waals surface area contributed by atoms with Crippen molar-refractivity contribution >= 4 is 5.91 Å². The minimum atomic E-state index is 0.0331. The molecule has 0 unspecified atom stereocenters. The quantitative estimate of drug-likeness (QED) is 0.721.